The molecule has 0 saturated carbocycles. The van der Waals surface area contributed by atoms with Crippen molar-refractivity contribution in [1.29, 1.82) is 0 Å². The molecule has 1 aromatic carbocycles. The van der Waals surface area contributed by atoms with Gasteiger partial charge < -0.3 is 15.2 Å². The van der Waals surface area contributed by atoms with Crippen LogP contribution in [0.4, 0.5) is 0 Å². The fourth-order valence-corrected chi connectivity index (χ4v) is 1.52. The highest BCUT2D eigenvalue weighted by molar-refractivity contribution is 5.20. The first-order chi connectivity index (χ1) is 7.84. The van der Waals surface area contributed by atoms with Crippen LogP contribution in [0, 0.1) is 0 Å². The lowest BCUT2D eigenvalue weighted by molar-refractivity contribution is 0.0217. The SMILES string of the molecule is NC1CC(OCCOc2ccccc2)NN1. The number of benzene rings is 1. The molecule has 88 valence electrons. The summed E-state index contributed by atoms with van der Waals surface area (Å²) in [5.41, 5.74) is 11.5. The van der Waals surface area contributed by atoms with Gasteiger partial charge in [0.05, 0.1) is 12.8 Å². The van der Waals surface area contributed by atoms with Crippen molar-refractivity contribution in [2.45, 2.75) is 18.8 Å². The Morgan fingerprint density at radius 3 is 2.69 bits per heavy atom. The van der Waals surface area contributed by atoms with E-state index in [1.54, 1.807) is 0 Å². The highest BCUT2D eigenvalue weighted by Gasteiger charge is 2.20. The Morgan fingerprint density at radius 2 is 2.00 bits per heavy atom. The molecule has 2 atom stereocenters. The normalized spacial score (nSPS) is 24.6. The highest BCUT2D eigenvalue weighted by atomic mass is 16.5. The van der Waals surface area contributed by atoms with E-state index in [-0.39, 0.29) is 12.4 Å². The third-order valence-corrected chi connectivity index (χ3v) is 2.31. The summed E-state index contributed by atoms with van der Waals surface area (Å²) in [5, 5.41) is 0. The Morgan fingerprint density at radius 1 is 1.19 bits per heavy atom. The van der Waals surface area contributed by atoms with Gasteiger partial charge in [-0.05, 0) is 12.1 Å². The monoisotopic (exact) mass is 223 g/mol. The van der Waals surface area contributed by atoms with E-state index in [2.05, 4.69) is 10.9 Å². The van der Waals surface area contributed by atoms with E-state index in [0.29, 0.717) is 13.2 Å². The van der Waals surface area contributed by atoms with Gasteiger partial charge in [0, 0.05) is 6.42 Å². The number of ether oxygens (including phenoxy) is 2. The first-order valence-corrected chi connectivity index (χ1v) is 5.41. The third-order valence-electron chi connectivity index (χ3n) is 2.31. The van der Waals surface area contributed by atoms with Gasteiger partial charge in [0.2, 0.25) is 0 Å². The van der Waals surface area contributed by atoms with Crippen LogP contribution in [-0.2, 0) is 4.74 Å². The van der Waals surface area contributed by atoms with Crippen molar-refractivity contribution >= 4 is 0 Å². The van der Waals surface area contributed by atoms with Crippen molar-refractivity contribution in [3.63, 3.8) is 0 Å². The lowest BCUT2D eigenvalue weighted by Crippen LogP contribution is -2.38. The van der Waals surface area contributed by atoms with Crippen LogP contribution in [0.25, 0.3) is 0 Å². The van der Waals surface area contributed by atoms with Crippen molar-refractivity contribution in [1.82, 2.24) is 10.9 Å². The molecule has 1 aliphatic heterocycles. The summed E-state index contributed by atoms with van der Waals surface area (Å²) < 4.78 is 11.0. The summed E-state index contributed by atoms with van der Waals surface area (Å²) in [5.74, 6) is 0.861. The van der Waals surface area contributed by atoms with Crippen LogP contribution in [0.1, 0.15) is 6.42 Å². The van der Waals surface area contributed by atoms with Gasteiger partial charge in [0.25, 0.3) is 0 Å². The van der Waals surface area contributed by atoms with E-state index >= 15 is 0 Å². The van der Waals surface area contributed by atoms with E-state index in [0.717, 1.165) is 12.2 Å². The fourth-order valence-electron chi connectivity index (χ4n) is 1.52. The molecule has 5 nitrogen and oxygen atoms in total. The van der Waals surface area contributed by atoms with Gasteiger partial charge in [-0.1, -0.05) is 18.2 Å². The number of rotatable bonds is 5. The number of hydrogen-bond acceptors (Lipinski definition) is 5. The Bertz CT molecular complexity index is 307. The second-order valence-electron chi connectivity index (χ2n) is 3.65. The molecule has 2 rings (SSSR count). The minimum atomic E-state index is -0.0277. The smallest absolute Gasteiger partial charge is 0.123 e. The largest absolute Gasteiger partial charge is 0.491 e. The fraction of sp³-hybridized carbons (Fsp3) is 0.455. The zero-order chi connectivity index (χ0) is 11.2. The Balaban J connectivity index is 1.59. The van der Waals surface area contributed by atoms with Crippen molar-refractivity contribution in [2.24, 2.45) is 5.73 Å². The molecule has 4 N–H and O–H groups in total. The van der Waals surface area contributed by atoms with E-state index < -0.39 is 0 Å². The summed E-state index contributed by atoms with van der Waals surface area (Å²) in [7, 11) is 0. The zero-order valence-electron chi connectivity index (χ0n) is 9.06. The minimum absolute atomic E-state index is 0.0191. The molecule has 1 aliphatic rings. The summed E-state index contributed by atoms with van der Waals surface area (Å²) in [4.78, 5) is 0. The van der Waals surface area contributed by atoms with Crippen molar-refractivity contribution in [2.75, 3.05) is 13.2 Å². The number of nitrogens with two attached hydrogens (primary N) is 1. The molecule has 5 heteroatoms. The summed E-state index contributed by atoms with van der Waals surface area (Å²) in [6, 6.07) is 9.69. The molecule has 0 spiro atoms. The molecule has 1 saturated heterocycles. The van der Waals surface area contributed by atoms with Gasteiger partial charge in [-0.25, -0.2) is 10.9 Å². The predicted octanol–water partition coefficient (Wildman–Crippen LogP) is 0.191. The number of nitrogens with one attached hydrogen (secondary N) is 2. The van der Waals surface area contributed by atoms with Gasteiger partial charge in [0.15, 0.2) is 0 Å². The molecule has 0 amide bonds. The van der Waals surface area contributed by atoms with Gasteiger partial charge in [0.1, 0.15) is 18.6 Å². The first kappa shape index (κ1) is 11.3. The van der Waals surface area contributed by atoms with Crippen LogP contribution >= 0.6 is 0 Å². The molecule has 16 heavy (non-hydrogen) atoms. The molecule has 1 aromatic rings. The molecule has 0 aliphatic carbocycles. The maximum Gasteiger partial charge on any atom is 0.123 e. The molecule has 0 bridgehead atoms. The van der Waals surface area contributed by atoms with Crippen molar-refractivity contribution in [3.05, 3.63) is 30.3 Å². The average molecular weight is 223 g/mol. The van der Waals surface area contributed by atoms with E-state index in [4.69, 9.17) is 15.2 Å². The molecule has 1 fully saturated rings. The van der Waals surface area contributed by atoms with E-state index in [9.17, 15) is 0 Å². The van der Waals surface area contributed by atoms with Gasteiger partial charge in [-0.15, -0.1) is 0 Å². The molecule has 1 heterocycles. The maximum atomic E-state index is 5.64. The summed E-state index contributed by atoms with van der Waals surface area (Å²) in [6.07, 6.45) is 0.722. The average Bonchev–Trinajstić information content (AvgIpc) is 2.72. The minimum Gasteiger partial charge on any atom is -0.491 e. The van der Waals surface area contributed by atoms with Gasteiger partial charge in [-0.3, -0.25) is 0 Å². The van der Waals surface area contributed by atoms with Crippen LogP contribution in [-0.4, -0.2) is 25.6 Å². The van der Waals surface area contributed by atoms with E-state index in [1.807, 2.05) is 30.3 Å². The first-order valence-electron chi connectivity index (χ1n) is 5.41. The van der Waals surface area contributed by atoms with Crippen LogP contribution in [0.3, 0.4) is 0 Å². The summed E-state index contributed by atoms with van der Waals surface area (Å²) in [6.45, 7) is 1.08. The summed E-state index contributed by atoms with van der Waals surface area (Å²) >= 11 is 0. The molecule has 0 radical (unpaired) electrons. The van der Waals surface area contributed by atoms with E-state index in [1.165, 1.54) is 0 Å². The van der Waals surface area contributed by atoms with Crippen LogP contribution in [0.15, 0.2) is 30.3 Å². The van der Waals surface area contributed by atoms with Crippen molar-refractivity contribution < 1.29 is 9.47 Å². The molecule has 2 unspecified atom stereocenters. The Hall–Kier alpha value is -1.14. The van der Waals surface area contributed by atoms with Gasteiger partial charge in [-0.2, -0.15) is 0 Å². The second-order valence-corrected chi connectivity index (χ2v) is 3.65. The van der Waals surface area contributed by atoms with Gasteiger partial charge >= 0.3 is 0 Å². The lowest BCUT2D eigenvalue weighted by atomic mass is 10.3. The molecule has 0 aromatic heterocycles. The van der Waals surface area contributed by atoms with Crippen LogP contribution in [0.5, 0.6) is 5.75 Å². The standard InChI is InChI=1S/C11H17N3O2/c12-10-8-11(14-13-10)16-7-6-15-9-4-2-1-3-5-9/h1-5,10-11,13-14H,6-8,12H2. The maximum absolute atomic E-state index is 5.64. The topological polar surface area (TPSA) is 68.5 Å². The third kappa shape index (κ3) is 3.46. The number of hydrogen-bond donors (Lipinski definition) is 3. The lowest BCUT2D eigenvalue weighted by Gasteiger charge is -2.11. The number of para-hydroxylation sites is 1. The number of hydrazine groups is 1. The quantitative estimate of drug-likeness (QED) is 0.622. The highest BCUT2D eigenvalue weighted by Crippen LogP contribution is 2.08. The second kappa shape index (κ2) is 5.81. The Kier molecular flexibility index (Phi) is 4.12. The van der Waals surface area contributed by atoms with Crippen LogP contribution in [0.2, 0.25) is 0 Å². The van der Waals surface area contributed by atoms with Crippen LogP contribution < -0.4 is 21.3 Å². The zero-order valence-corrected chi connectivity index (χ0v) is 9.06. The molecular formula is C11H17N3O2. The van der Waals surface area contributed by atoms with Crippen molar-refractivity contribution in [3.8, 4) is 5.75 Å². The molecular weight excluding hydrogens is 206 g/mol. The Labute approximate surface area is 94.9 Å². The predicted molar refractivity (Wildman–Crippen MR) is 60.5 cm³/mol.